The molecule has 0 bridgehead atoms. The Morgan fingerprint density at radius 2 is 2.05 bits per heavy atom. The van der Waals surface area contributed by atoms with E-state index in [1.54, 1.807) is 16.7 Å². The van der Waals surface area contributed by atoms with Gasteiger partial charge in [-0.05, 0) is 47.5 Å². The van der Waals surface area contributed by atoms with Gasteiger partial charge in [0.15, 0.2) is 0 Å². The van der Waals surface area contributed by atoms with Crippen LogP contribution in [0.25, 0.3) is 0 Å². The van der Waals surface area contributed by atoms with Crippen molar-refractivity contribution in [1.29, 1.82) is 0 Å². The summed E-state index contributed by atoms with van der Waals surface area (Å²) < 4.78 is 5.41. The molecule has 0 saturated carbocycles. The molecule has 0 aromatic carbocycles. The normalized spacial score (nSPS) is 20.9. The lowest BCUT2D eigenvalue weighted by atomic mass is 10.0. The molecule has 2 atom stereocenters. The zero-order valence-electron chi connectivity index (χ0n) is 13.9. The third-order valence-electron chi connectivity index (χ3n) is 3.50. The number of hydrogen-bond acceptors (Lipinski definition) is 4. The lowest BCUT2D eigenvalue weighted by Crippen LogP contribution is -2.55. The second-order valence-electron chi connectivity index (χ2n) is 6.64. The molecule has 1 saturated heterocycles. The SMILES string of the molecule is CCN(C(=O)[C@H](C)N)[C@@H]1CCCN(C(=O)OC(C)(C)C)C1. The van der Waals surface area contributed by atoms with Gasteiger partial charge in [0.1, 0.15) is 5.60 Å². The summed E-state index contributed by atoms with van der Waals surface area (Å²) >= 11 is 0. The summed E-state index contributed by atoms with van der Waals surface area (Å²) in [5.41, 5.74) is 5.20. The number of nitrogens with two attached hydrogens (primary N) is 1. The smallest absolute Gasteiger partial charge is 0.410 e. The van der Waals surface area contributed by atoms with E-state index in [0.29, 0.717) is 19.6 Å². The van der Waals surface area contributed by atoms with Crippen LogP contribution >= 0.6 is 0 Å². The molecule has 2 amide bonds. The van der Waals surface area contributed by atoms with Crippen molar-refractivity contribution in [3.8, 4) is 0 Å². The minimum Gasteiger partial charge on any atom is -0.444 e. The van der Waals surface area contributed by atoms with Crippen molar-refractivity contribution in [3.05, 3.63) is 0 Å². The van der Waals surface area contributed by atoms with Crippen LogP contribution in [0.3, 0.4) is 0 Å². The van der Waals surface area contributed by atoms with Crippen LogP contribution in [-0.4, -0.2) is 59.1 Å². The van der Waals surface area contributed by atoms with Crippen molar-refractivity contribution in [2.24, 2.45) is 5.73 Å². The molecule has 0 spiro atoms. The maximum absolute atomic E-state index is 12.1. The number of rotatable bonds is 3. The Balaban J connectivity index is 2.70. The highest BCUT2D eigenvalue weighted by atomic mass is 16.6. The Morgan fingerprint density at radius 3 is 2.52 bits per heavy atom. The minimum atomic E-state index is -0.512. The summed E-state index contributed by atoms with van der Waals surface area (Å²) in [7, 11) is 0. The van der Waals surface area contributed by atoms with Crippen LogP contribution in [0, 0.1) is 0 Å². The van der Waals surface area contributed by atoms with Crippen molar-refractivity contribution in [1.82, 2.24) is 9.80 Å². The van der Waals surface area contributed by atoms with Gasteiger partial charge in [-0.1, -0.05) is 0 Å². The summed E-state index contributed by atoms with van der Waals surface area (Å²) in [4.78, 5) is 27.8. The molecule has 1 aliphatic heterocycles. The highest BCUT2D eigenvalue weighted by molar-refractivity contribution is 5.81. The Kier molecular flexibility index (Phi) is 6.01. The highest BCUT2D eigenvalue weighted by Gasteiger charge is 2.32. The van der Waals surface area contributed by atoms with Gasteiger partial charge in [0.05, 0.1) is 6.04 Å². The van der Waals surface area contributed by atoms with Gasteiger partial charge in [0.25, 0.3) is 0 Å². The molecule has 0 unspecified atom stereocenters. The van der Waals surface area contributed by atoms with Crippen LogP contribution in [0.15, 0.2) is 0 Å². The van der Waals surface area contributed by atoms with E-state index < -0.39 is 11.6 Å². The molecular formula is C15H29N3O3. The number of hydrogen-bond donors (Lipinski definition) is 1. The molecule has 122 valence electrons. The zero-order chi connectivity index (χ0) is 16.2. The second kappa shape index (κ2) is 7.11. The third-order valence-corrected chi connectivity index (χ3v) is 3.50. The Bertz CT molecular complexity index is 377. The number of piperidine rings is 1. The fourth-order valence-corrected chi connectivity index (χ4v) is 2.56. The van der Waals surface area contributed by atoms with Crippen molar-refractivity contribution in [2.45, 2.75) is 65.1 Å². The van der Waals surface area contributed by atoms with Gasteiger partial charge in [0, 0.05) is 25.7 Å². The Hall–Kier alpha value is -1.30. The van der Waals surface area contributed by atoms with E-state index in [9.17, 15) is 9.59 Å². The molecule has 0 aromatic rings. The van der Waals surface area contributed by atoms with Crippen molar-refractivity contribution in [2.75, 3.05) is 19.6 Å². The first-order chi connectivity index (χ1) is 9.65. The molecule has 1 aliphatic rings. The van der Waals surface area contributed by atoms with Crippen LogP contribution in [0.2, 0.25) is 0 Å². The fourth-order valence-electron chi connectivity index (χ4n) is 2.56. The van der Waals surface area contributed by atoms with Gasteiger partial charge >= 0.3 is 6.09 Å². The molecule has 2 N–H and O–H groups in total. The minimum absolute atomic E-state index is 0.0229. The van der Waals surface area contributed by atoms with Crippen molar-refractivity contribution < 1.29 is 14.3 Å². The van der Waals surface area contributed by atoms with Crippen LogP contribution in [0.4, 0.5) is 4.79 Å². The van der Waals surface area contributed by atoms with Gasteiger partial charge < -0.3 is 20.3 Å². The maximum Gasteiger partial charge on any atom is 0.410 e. The van der Waals surface area contributed by atoms with E-state index in [2.05, 4.69) is 0 Å². The summed E-state index contributed by atoms with van der Waals surface area (Å²) in [6.45, 7) is 11.0. The van der Waals surface area contributed by atoms with Crippen molar-refractivity contribution >= 4 is 12.0 Å². The van der Waals surface area contributed by atoms with Crippen LogP contribution in [0.1, 0.15) is 47.5 Å². The molecule has 21 heavy (non-hydrogen) atoms. The Labute approximate surface area is 127 Å². The number of amides is 2. The van der Waals surface area contributed by atoms with Crippen molar-refractivity contribution in [3.63, 3.8) is 0 Å². The molecule has 1 fully saturated rings. The van der Waals surface area contributed by atoms with E-state index in [-0.39, 0.29) is 18.0 Å². The zero-order valence-corrected chi connectivity index (χ0v) is 13.9. The second-order valence-corrected chi connectivity index (χ2v) is 6.64. The highest BCUT2D eigenvalue weighted by Crippen LogP contribution is 2.19. The lowest BCUT2D eigenvalue weighted by Gasteiger charge is -2.39. The van der Waals surface area contributed by atoms with E-state index in [1.165, 1.54) is 0 Å². The molecule has 0 aliphatic carbocycles. The number of ether oxygens (including phenoxy) is 1. The molecule has 0 aromatic heterocycles. The standard InChI is InChI=1S/C15H29N3O3/c1-6-18(13(19)11(2)16)12-8-7-9-17(10-12)14(20)21-15(3,4)5/h11-12H,6-10,16H2,1-5H3/t11-,12+/m0/s1. The van der Waals surface area contributed by atoms with E-state index in [4.69, 9.17) is 10.5 Å². The van der Waals surface area contributed by atoms with Gasteiger partial charge in [-0.3, -0.25) is 4.79 Å². The summed E-state index contributed by atoms with van der Waals surface area (Å²) in [5, 5.41) is 0. The molecule has 6 heteroatoms. The van der Waals surface area contributed by atoms with E-state index in [1.807, 2.05) is 27.7 Å². The quantitative estimate of drug-likeness (QED) is 0.858. The first-order valence-electron chi connectivity index (χ1n) is 7.69. The van der Waals surface area contributed by atoms with Gasteiger partial charge in [-0.15, -0.1) is 0 Å². The number of carbonyl (C=O) groups is 2. The molecular weight excluding hydrogens is 270 g/mol. The monoisotopic (exact) mass is 299 g/mol. The summed E-state index contributed by atoms with van der Waals surface area (Å²) in [6.07, 6.45) is 1.45. The van der Waals surface area contributed by atoms with E-state index in [0.717, 1.165) is 12.8 Å². The molecule has 6 nitrogen and oxygen atoms in total. The van der Waals surface area contributed by atoms with Crippen LogP contribution in [-0.2, 0) is 9.53 Å². The topological polar surface area (TPSA) is 75.9 Å². The van der Waals surface area contributed by atoms with Crippen LogP contribution in [0.5, 0.6) is 0 Å². The first-order valence-corrected chi connectivity index (χ1v) is 7.69. The molecule has 0 radical (unpaired) electrons. The number of carbonyl (C=O) groups excluding carboxylic acids is 2. The predicted molar refractivity (Wildman–Crippen MR) is 81.9 cm³/mol. The average molecular weight is 299 g/mol. The number of nitrogens with zero attached hydrogens (tertiary/aromatic N) is 2. The van der Waals surface area contributed by atoms with Crippen LogP contribution < -0.4 is 5.73 Å². The molecule has 1 rings (SSSR count). The first kappa shape index (κ1) is 17.8. The third kappa shape index (κ3) is 5.19. The number of likely N-dealkylation sites (tertiary alicyclic amines) is 1. The van der Waals surface area contributed by atoms with Gasteiger partial charge in [0.2, 0.25) is 5.91 Å². The molecule has 1 heterocycles. The van der Waals surface area contributed by atoms with E-state index >= 15 is 0 Å². The van der Waals surface area contributed by atoms with Gasteiger partial charge in [-0.25, -0.2) is 4.79 Å². The van der Waals surface area contributed by atoms with Gasteiger partial charge in [-0.2, -0.15) is 0 Å². The Morgan fingerprint density at radius 1 is 1.43 bits per heavy atom. The summed E-state index contributed by atoms with van der Waals surface area (Å²) in [6, 6.07) is -0.489. The number of likely N-dealkylation sites (N-methyl/N-ethyl adjacent to an activating group) is 1. The average Bonchev–Trinajstić information content (AvgIpc) is 2.37. The predicted octanol–water partition coefficient (Wildman–Crippen LogP) is 1.58. The maximum atomic E-state index is 12.1. The lowest BCUT2D eigenvalue weighted by molar-refractivity contribution is -0.135. The summed E-state index contributed by atoms with van der Waals surface area (Å²) in [5.74, 6) is -0.0615. The fraction of sp³-hybridized carbons (Fsp3) is 0.867. The largest absolute Gasteiger partial charge is 0.444 e.